The quantitative estimate of drug-likeness (QED) is 0.167. The van der Waals surface area contributed by atoms with Gasteiger partial charge >= 0.3 is 0 Å². The maximum absolute atomic E-state index is 6.75. The zero-order valence-corrected chi connectivity index (χ0v) is 34.1. The van der Waals surface area contributed by atoms with Crippen LogP contribution in [0.3, 0.4) is 0 Å². The van der Waals surface area contributed by atoms with E-state index in [0.717, 1.165) is 55.5 Å². The molecule has 1 heterocycles. The first-order chi connectivity index (χ1) is 30.0. The van der Waals surface area contributed by atoms with E-state index in [2.05, 4.69) is 231 Å². The van der Waals surface area contributed by atoms with Gasteiger partial charge in [0.2, 0.25) is 0 Å². The molecule has 0 unspecified atom stereocenters. The van der Waals surface area contributed by atoms with Crippen LogP contribution >= 0.6 is 0 Å². The summed E-state index contributed by atoms with van der Waals surface area (Å²) in [5.74, 6) is 0. The van der Waals surface area contributed by atoms with Crippen LogP contribution in [0.1, 0.15) is 25.0 Å². The highest BCUT2D eigenvalue weighted by Gasteiger charge is 2.37. The van der Waals surface area contributed by atoms with Crippen molar-refractivity contribution in [2.75, 3.05) is 4.90 Å². The highest BCUT2D eigenvalue weighted by Crippen LogP contribution is 2.54. The van der Waals surface area contributed by atoms with E-state index >= 15 is 0 Å². The van der Waals surface area contributed by atoms with Crippen molar-refractivity contribution in [1.29, 1.82) is 0 Å². The molecule has 0 saturated heterocycles. The van der Waals surface area contributed by atoms with Gasteiger partial charge in [0.25, 0.3) is 0 Å². The van der Waals surface area contributed by atoms with Gasteiger partial charge in [0, 0.05) is 38.4 Å². The number of fused-ring (bicyclic) bond motifs is 9. The van der Waals surface area contributed by atoms with Gasteiger partial charge in [0.1, 0.15) is 11.2 Å². The Kier molecular flexibility index (Phi) is 7.92. The average Bonchev–Trinajstić information content (AvgIpc) is 3.82. The summed E-state index contributed by atoms with van der Waals surface area (Å²) in [5.41, 5.74) is 17.3. The Morgan fingerprint density at radius 2 is 0.951 bits per heavy atom. The molecule has 0 atom stereocenters. The third kappa shape index (κ3) is 5.42. The number of nitrogens with zero attached hydrogens (tertiary/aromatic N) is 1. The second kappa shape index (κ2) is 13.7. The molecule has 10 aromatic carbocycles. The third-order valence-electron chi connectivity index (χ3n) is 13.1. The van der Waals surface area contributed by atoms with Gasteiger partial charge in [0.15, 0.2) is 0 Å². The summed E-state index contributed by atoms with van der Waals surface area (Å²) in [6.45, 7) is 4.72. The fraction of sp³-hybridized carbons (Fsp3) is 0.0508. The third-order valence-corrected chi connectivity index (χ3v) is 13.1. The molecule has 0 bridgehead atoms. The lowest BCUT2D eigenvalue weighted by molar-refractivity contribution is 0.660. The number of furan rings is 1. The Morgan fingerprint density at radius 3 is 1.77 bits per heavy atom. The first-order valence-electron chi connectivity index (χ1n) is 21.2. The predicted molar refractivity (Wildman–Crippen MR) is 257 cm³/mol. The number of hydrogen-bond acceptors (Lipinski definition) is 2. The van der Waals surface area contributed by atoms with Gasteiger partial charge in [-0.3, -0.25) is 0 Å². The predicted octanol–water partition coefficient (Wildman–Crippen LogP) is 16.7. The molecule has 0 N–H and O–H groups in total. The van der Waals surface area contributed by atoms with Crippen LogP contribution in [0.15, 0.2) is 217 Å². The van der Waals surface area contributed by atoms with Crippen molar-refractivity contribution in [3.8, 4) is 44.5 Å². The lowest BCUT2D eigenvalue weighted by atomic mass is 9.82. The standard InChI is InChI=1S/C59H41NO/c1-59(2)51-30-10-7-26-49(51)56-47(28-15-31-52(56)59)45-24-8-11-32-53(45)60(41-21-13-20-40(37-41)43-27-14-19-38-17-3-5-22-42(38)43)54-33-12-9-25-46(54)48-29-16-34-55-57(48)50-36-35-39-18-4-6-23-44(39)58(50)61-55/h3-37H,1-2H3. The lowest BCUT2D eigenvalue weighted by Crippen LogP contribution is -2.15. The summed E-state index contributed by atoms with van der Waals surface area (Å²) in [6.07, 6.45) is 0. The summed E-state index contributed by atoms with van der Waals surface area (Å²) in [4.78, 5) is 2.49. The van der Waals surface area contributed by atoms with E-state index in [1.807, 2.05) is 0 Å². The van der Waals surface area contributed by atoms with Crippen molar-refractivity contribution in [3.63, 3.8) is 0 Å². The van der Waals surface area contributed by atoms with Crippen LogP contribution < -0.4 is 4.90 Å². The fourth-order valence-electron chi connectivity index (χ4n) is 10.2. The smallest absolute Gasteiger partial charge is 0.143 e. The van der Waals surface area contributed by atoms with Crippen LogP contribution in [-0.2, 0) is 5.41 Å². The minimum absolute atomic E-state index is 0.118. The molecule has 1 aliphatic carbocycles. The van der Waals surface area contributed by atoms with E-state index in [1.54, 1.807) is 0 Å². The summed E-state index contributed by atoms with van der Waals surface area (Å²) < 4.78 is 6.75. The topological polar surface area (TPSA) is 16.4 Å². The first kappa shape index (κ1) is 35.3. The molecule has 0 fully saturated rings. The summed E-state index contributed by atoms with van der Waals surface area (Å²) in [5, 5.41) is 6.99. The Bertz CT molecular complexity index is 3530. The molecule has 0 aliphatic heterocycles. The molecule has 1 aliphatic rings. The lowest BCUT2D eigenvalue weighted by Gasteiger charge is -2.31. The van der Waals surface area contributed by atoms with Crippen LogP contribution in [0.5, 0.6) is 0 Å². The number of para-hydroxylation sites is 2. The van der Waals surface area contributed by atoms with E-state index in [-0.39, 0.29) is 5.41 Å². The molecular formula is C59H41NO. The van der Waals surface area contributed by atoms with E-state index in [0.29, 0.717) is 0 Å². The second-order valence-electron chi connectivity index (χ2n) is 16.8. The number of benzene rings is 10. The van der Waals surface area contributed by atoms with Crippen LogP contribution in [-0.4, -0.2) is 0 Å². The van der Waals surface area contributed by atoms with Gasteiger partial charge in [-0.1, -0.05) is 190 Å². The zero-order chi connectivity index (χ0) is 40.7. The fourth-order valence-corrected chi connectivity index (χ4v) is 10.2. The van der Waals surface area contributed by atoms with E-state index in [1.165, 1.54) is 60.7 Å². The van der Waals surface area contributed by atoms with Gasteiger partial charge in [-0.25, -0.2) is 0 Å². The molecule has 0 spiro atoms. The molecule has 288 valence electrons. The highest BCUT2D eigenvalue weighted by molar-refractivity contribution is 6.20. The highest BCUT2D eigenvalue weighted by atomic mass is 16.3. The van der Waals surface area contributed by atoms with E-state index in [9.17, 15) is 0 Å². The molecule has 11 aromatic rings. The van der Waals surface area contributed by atoms with Crippen LogP contribution in [0.2, 0.25) is 0 Å². The van der Waals surface area contributed by atoms with E-state index in [4.69, 9.17) is 4.42 Å². The van der Waals surface area contributed by atoms with Crippen molar-refractivity contribution in [2.45, 2.75) is 19.3 Å². The molecule has 0 amide bonds. The van der Waals surface area contributed by atoms with Gasteiger partial charge < -0.3 is 9.32 Å². The molecule has 2 nitrogen and oxygen atoms in total. The van der Waals surface area contributed by atoms with Gasteiger partial charge in [0.05, 0.1) is 11.4 Å². The maximum atomic E-state index is 6.75. The Balaban J connectivity index is 1.13. The summed E-state index contributed by atoms with van der Waals surface area (Å²) in [6, 6.07) is 77.5. The minimum atomic E-state index is -0.118. The van der Waals surface area contributed by atoms with Crippen LogP contribution in [0.4, 0.5) is 17.1 Å². The van der Waals surface area contributed by atoms with Crippen molar-refractivity contribution in [1.82, 2.24) is 0 Å². The molecule has 0 radical (unpaired) electrons. The maximum Gasteiger partial charge on any atom is 0.143 e. The Morgan fingerprint density at radius 1 is 0.393 bits per heavy atom. The van der Waals surface area contributed by atoms with Crippen molar-refractivity contribution in [2.24, 2.45) is 0 Å². The van der Waals surface area contributed by atoms with Crippen LogP contribution in [0.25, 0.3) is 88.0 Å². The molecule has 61 heavy (non-hydrogen) atoms. The number of anilines is 3. The number of rotatable bonds is 6. The SMILES string of the molecule is CC1(C)c2ccccc2-c2c(-c3ccccc3N(c3cccc(-c4cccc5ccccc45)c3)c3ccccc3-c3cccc4oc5c6ccccc6ccc5c34)cccc21. The number of hydrogen-bond donors (Lipinski definition) is 0. The van der Waals surface area contributed by atoms with Crippen LogP contribution in [0, 0.1) is 0 Å². The summed E-state index contributed by atoms with van der Waals surface area (Å²) >= 11 is 0. The molecular weight excluding hydrogens is 739 g/mol. The van der Waals surface area contributed by atoms with Gasteiger partial charge in [-0.2, -0.15) is 0 Å². The second-order valence-corrected chi connectivity index (χ2v) is 16.8. The molecule has 0 saturated carbocycles. The van der Waals surface area contributed by atoms with E-state index < -0.39 is 0 Å². The zero-order valence-electron chi connectivity index (χ0n) is 34.1. The van der Waals surface area contributed by atoms with Crippen molar-refractivity contribution < 1.29 is 4.42 Å². The van der Waals surface area contributed by atoms with Gasteiger partial charge in [-0.05, 0) is 97.1 Å². The molecule has 2 heteroatoms. The van der Waals surface area contributed by atoms with Gasteiger partial charge in [-0.15, -0.1) is 0 Å². The summed E-state index contributed by atoms with van der Waals surface area (Å²) in [7, 11) is 0. The Hall–Kier alpha value is -7.68. The average molecular weight is 780 g/mol. The van der Waals surface area contributed by atoms with Crippen molar-refractivity contribution in [3.05, 3.63) is 223 Å². The monoisotopic (exact) mass is 779 g/mol. The normalized spacial score (nSPS) is 12.9. The molecule has 1 aromatic heterocycles. The Labute approximate surface area is 355 Å². The van der Waals surface area contributed by atoms with Crippen molar-refractivity contribution >= 4 is 60.5 Å². The largest absolute Gasteiger partial charge is 0.455 e. The first-order valence-corrected chi connectivity index (χ1v) is 21.2. The minimum Gasteiger partial charge on any atom is -0.455 e. The molecule has 12 rings (SSSR count).